The molecule has 1 aromatic rings. The van der Waals surface area contributed by atoms with Crippen molar-refractivity contribution < 1.29 is 13.9 Å². The number of pyridine rings is 1. The van der Waals surface area contributed by atoms with Crippen LogP contribution in [-0.4, -0.2) is 16.6 Å². The summed E-state index contributed by atoms with van der Waals surface area (Å²) in [6, 6.07) is 1.28. The predicted molar refractivity (Wildman–Crippen MR) is 69.7 cm³/mol. The van der Waals surface area contributed by atoms with Gasteiger partial charge in [0, 0.05) is 16.2 Å². The van der Waals surface area contributed by atoms with E-state index in [9.17, 15) is 9.18 Å². The van der Waals surface area contributed by atoms with Crippen molar-refractivity contribution in [3.05, 3.63) is 28.2 Å². The lowest BCUT2D eigenvalue weighted by atomic mass is 10.1. The Hall–Kier alpha value is -1.17. The Kier molecular flexibility index (Phi) is 4.67. The summed E-state index contributed by atoms with van der Waals surface area (Å²) in [5.74, 6) is -0.513. The molecule has 0 saturated heterocycles. The van der Waals surface area contributed by atoms with Gasteiger partial charge in [-0.05, 0) is 49.7 Å². The highest BCUT2D eigenvalue weighted by Gasteiger charge is 2.20. The van der Waals surface area contributed by atoms with Crippen molar-refractivity contribution in [2.45, 2.75) is 39.3 Å². The molecule has 18 heavy (non-hydrogen) atoms. The minimum absolute atomic E-state index is 0.0993. The SMILES string of the molecule is C[C@@H](OC(=O)NC(C)(C)C)c1ncc(Br)cc1F. The van der Waals surface area contributed by atoms with Gasteiger partial charge in [0.2, 0.25) is 0 Å². The normalized spacial score (nSPS) is 13.0. The lowest BCUT2D eigenvalue weighted by Gasteiger charge is -2.22. The van der Waals surface area contributed by atoms with Crippen molar-refractivity contribution in [1.29, 1.82) is 0 Å². The third-order valence-electron chi connectivity index (χ3n) is 1.98. The van der Waals surface area contributed by atoms with E-state index in [2.05, 4.69) is 26.2 Å². The molecule has 0 aliphatic rings. The van der Waals surface area contributed by atoms with Crippen LogP contribution in [0.25, 0.3) is 0 Å². The van der Waals surface area contributed by atoms with Crippen LogP contribution in [0.1, 0.15) is 39.5 Å². The molecule has 0 aromatic carbocycles. The molecule has 0 fully saturated rings. The van der Waals surface area contributed by atoms with Crippen molar-refractivity contribution in [3.8, 4) is 0 Å². The molecule has 0 spiro atoms. The number of carbonyl (C=O) groups is 1. The first-order valence-electron chi connectivity index (χ1n) is 5.49. The van der Waals surface area contributed by atoms with E-state index in [-0.39, 0.29) is 5.69 Å². The second-order valence-electron chi connectivity index (χ2n) is 4.94. The molecule has 0 saturated carbocycles. The maximum absolute atomic E-state index is 13.6. The van der Waals surface area contributed by atoms with Crippen LogP contribution < -0.4 is 5.32 Å². The van der Waals surface area contributed by atoms with Gasteiger partial charge in [0.15, 0.2) is 0 Å². The molecule has 1 rings (SSSR count). The number of nitrogens with one attached hydrogen (secondary N) is 1. The van der Waals surface area contributed by atoms with E-state index in [0.717, 1.165) is 0 Å². The summed E-state index contributed by atoms with van der Waals surface area (Å²) < 4.78 is 19.2. The summed E-state index contributed by atoms with van der Waals surface area (Å²) in [7, 11) is 0. The zero-order chi connectivity index (χ0) is 13.9. The van der Waals surface area contributed by atoms with Gasteiger partial charge in [0.05, 0.1) is 0 Å². The molecule has 0 radical (unpaired) electrons. The topological polar surface area (TPSA) is 51.2 Å². The molecule has 0 unspecified atom stereocenters. The molecule has 6 heteroatoms. The first-order chi connectivity index (χ1) is 8.19. The Morgan fingerprint density at radius 2 is 2.17 bits per heavy atom. The van der Waals surface area contributed by atoms with Crippen LogP contribution in [0, 0.1) is 5.82 Å². The van der Waals surface area contributed by atoms with E-state index in [1.807, 2.05) is 20.8 Å². The number of carbonyl (C=O) groups excluding carboxylic acids is 1. The molecule has 1 aromatic heterocycles. The second kappa shape index (κ2) is 5.65. The van der Waals surface area contributed by atoms with Crippen molar-refractivity contribution in [2.24, 2.45) is 0 Å². The van der Waals surface area contributed by atoms with Crippen molar-refractivity contribution in [1.82, 2.24) is 10.3 Å². The fourth-order valence-electron chi connectivity index (χ4n) is 1.28. The highest BCUT2D eigenvalue weighted by molar-refractivity contribution is 9.10. The number of halogens is 2. The number of amides is 1. The van der Waals surface area contributed by atoms with Crippen molar-refractivity contribution in [2.75, 3.05) is 0 Å². The van der Waals surface area contributed by atoms with Gasteiger partial charge in [-0.2, -0.15) is 0 Å². The van der Waals surface area contributed by atoms with Gasteiger partial charge in [-0.3, -0.25) is 4.98 Å². The molecule has 1 N–H and O–H groups in total. The summed E-state index contributed by atoms with van der Waals surface area (Å²) >= 11 is 3.11. The van der Waals surface area contributed by atoms with Gasteiger partial charge in [0.25, 0.3) is 0 Å². The Morgan fingerprint density at radius 1 is 1.56 bits per heavy atom. The number of ether oxygens (including phenoxy) is 1. The fraction of sp³-hybridized carbons (Fsp3) is 0.500. The predicted octanol–water partition coefficient (Wildman–Crippen LogP) is 3.57. The monoisotopic (exact) mass is 318 g/mol. The van der Waals surface area contributed by atoms with E-state index < -0.39 is 23.6 Å². The van der Waals surface area contributed by atoms with Crippen molar-refractivity contribution >= 4 is 22.0 Å². The number of hydrogen-bond donors (Lipinski definition) is 1. The zero-order valence-electron chi connectivity index (χ0n) is 10.8. The number of alkyl carbamates (subject to hydrolysis) is 1. The average molecular weight is 319 g/mol. The summed E-state index contributed by atoms with van der Waals surface area (Å²) in [4.78, 5) is 15.4. The molecule has 0 aliphatic heterocycles. The van der Waals surface area contributed by atoms with E-state index in [1.165, 1.54) is 12.3 Å². The summed E-state index contributed by atoms with van der Waals surface area (Å²) in [6.07, 6.45) is 0.111. The third kappa shape index (κ3) is 4.60. The van der Waals surface area contributed by atoms with Crippen LogP contribution in [0.3, 0.4) is 0 Å². The first kappa shape index (κ1) is 14.9. The molecule has 100 valence electrons. The van der Waals surface area contributed by atoms with Gasteiger partial charge >= 0.3 is 6.09 Å². The molecule has 1 amide bonds. The number of nitrogens with zero attached hydrogens (tertiary/aromatic N) is 1. The highest BCUT2D eigenvalue weighted by atomic mass is 79.9. The minimum Gasteiger partial charge on any atom is -0.440 e. The van der Waals surface area contributed by atoms with Crippen LogP contribution in [0.4, 0.5) is 9.18 Å². The molecule has 4 nitrogen and oxygen atoms in total. The largest absolute Gasteiger partial charge is 0.440 e. The number of rotatable bonds is 2. The van der Waals surface area contributed by atoms with E-state index >= 15 is 0 Å². The van der Waals surface area contributed by atoms with Gasteiger partial charge < -0.3 is 10.1 Å². The number of hydrogen-bond acceptors (Lipinski definition) is 3. The fourth-order valence-corrected chi connectivity index (χ4v) is 1.58. The maximum Gasteiger partial charge on any atom is 0.408 e. The molecule has 0 bridgehead atoms. The smallest absolute Gasteiger partial charge is 0.408 e. The van der Waals surface area contributed by atoms with E-state index in [4.69, 9.17) is 4.74 Å². The minimum atomic E-state index is -0.750. The van der Waals surface area contributed by atoms with Gasteiger partial charge in [-0.1, -0.05) is 0 Å². The Labute approximate surface area is 114 Å². The van der Waals surface area contributed by atoms with E-state index in [0.29, 0.717) is 4.47 Å². The van der Waals surface area contributed by atoms with Crippen LogP contribution in [0.2, 0.25) is 0 Å². The Balaban J connectivity index is 2.71. The maximum atomic E-state index is 13.6. The van der Waals surface area contributed by atoms with Crippen LogP contribution in [0.15, 0.2) is 16.7 Å². The van der Waals surface area contributed by atoms with E-state index in [1.54, 1.807) is 6.92 Å². The van der Waals surface area contributed by atoms with Gasteiger partial charge in [-0.25, -0.2) is 9.18 Å². The zero-order valence-corrected chi connectivity index (χ0v) is 12.3. The molecular formula is C12H16BrFN2O2. The lowest BCUT2D eigenvalue weighted by molar-refractivity contribution is 0.0961. The average Bonchev–Trinajstić information content (AvgIpc) is 2.13. The van der Waals surface area contributed by atoms with Crippen molar-refractivity contribution in [3.63, 3.8) is 0 Å². The summed E-state index contributed by atoms with van der Waals surface area (Å²) in [5.41, 5.74) is -0.301. The highest BCUT2D eigenvalue weighted by Crippen LogP contribution is 2.21. The lowest BCUT2D eigenvalue weighted by Crippen LogP contribution is -2.41. The standard InChI is InChI=1S/C12H16BrFN2O2/c1-7(18-11(17)16-12(2,3)4)10-9(14)5-8(13)6-15-10/h5-7H,1-4H3,(H,16,17)/t7-/m1/s1. The van der Waals surface area contributed by atoms with Crippen LogP contribution in [0.5, 0.6) is 0 Å². The number of aromatic nitrogens is 1. The van der Waals surface area contributed by atoms with Gasteiger partial charge in [0.1, 0.15) is 17.6 Å². The Morgan fingerprint density at radius 3 is 2.67 bits per heavy atom. The molecule has 1 heterocycles. The molecular weight excluding hydrogens is 303 g/mol. The summed E-state index contributed by atoms with van der Waals surface area (Å²) in [6.45, 7) is 7.06. The molecule has 0 aliphatic carbocycles. The first-order valence-corrected chi connectivity index (χ1v) is 6.28. The third-order valence-corrected chi connectivity index (χ3v) is 2.42. The quantitative estimate of drug-likeness (QED) is 0.907. The van der Waals surface area contributed by atoms with Crippen LogP contribution >= 0.6 is 15.9 Å². The summed E-state index contributed by atoms with van der Waals surface area (Å²) in [5, 5.41) is 2.63. The Bertz CT molecular complexity index is 446. The van der Waals surface area contributed by atoms with Gasteiger partial charge in [-0.15, -0.1) is 0 Å². The molecule has 1 atom stereocenters. The van der Waals surface area contributed by atoms with Crippen LogP contribution in [-0.2, 0) is 4.74 Å². The second-order valence-corrected chi connectivity index (χ2v) is 5.86.